The summed E-state index contributed by atoms with van der Waals surface area (Å²) in [5, 5.41) is 2.66. The Morgan fingerprint density at radius 1 is 1.38 bits per heavy atom. The standard InChI is InChI=1S/C12H12ClNOS/c1-15-11-6-8(2-3-10(11)13)9-4-5-16-12(9)7-14/h2-6H,7,14H2,1H3. The van der Waals surface area contributed by atoms with E-state index in [9.17, 15) is 0 Å². The number of methoxy groups -OCH3 is 1. The molecule has 0 atom stereocenters. The van der Waals surface area contributed by atoms with Crippen molar-refractivity contribution in [2.24, 2.45) is 5.73 Å². The van der Waals surface area contributed by atoms with Crippen molar-refractivity contribution >= 4 is 22.9 Å². The molecule has 2 rings (SSSR count). The van der Waals surface area contributed by atoms with E-state index in [4.69, 9.17) is 22.1 Å². The third-order valence-electron chi connectivity index (χ3n) is 2.39. The number of rotatable bonds is 3. The molecule has 1 aromatic carbocycles. The molecule has 0 radical (unpaired) electrons. The fourth-order valence-electron chi connectivity index (χ4n) is 1.58. The Balaban J connectivity index is 2.48. The summed E-state index contributed by atoms with van der Waals surface area (Å²) in [7, 11) is 1.61. The Morgan fingerprint density at radius 2 is 2.19 bits per heavy atom. The second-order valence-electron chi connectivity index (χ2n) is 3.31. The summed E-state index contributed by atoms with van der Waals surface area (Å²) in [6, 6.07) is 7.82. The van der Waals surface area contributed by atoms with Crippen molar-refractivity contribution in [2.75, 3.05) is 7.11 Å². The molecule has 0 unspecified atom stereocenters. The van der Waals surface area contributed by atoms with Crippen LogP contribution in [0.4, 0.5) is 0 Å². The van der Waals surface area contributed by atoms with Crippen LogP contribution in [0.1, 0.15) is 4.88 Å². The molecule has 0 saturated carbocycles. The lowest BCUT2D eigenvalue weighted by molar-refractivity contribution is 0.415. The summed E-state index contributed by atoms with van der Waals surface area (Å²) in [4.78, 5) is 1.17. The molecular weight excluding hydrogens is 242 g/mol. The second-order valence-corrected chi connectivity index (χ2v) is 4.72. The quantitative estimate of drug-likeness (QED) is 0.908. The molecule has 0 saturated heterocycles. The van der Waals surface area contributed by atoms with E-state index in [-0.39, 0.29) is 0 Å². The number of hydrogen-bond acceptors (Lipinski definition) is 3. The van der Waals surface area contributed by atoms with Crippen molar-refractivity contribution in [3.8, 4) is 16.9 Å². The van der Waals surface area contributed by atoms with Crippen LogP contribution in [0.5, 0.6) is 5.75 Å². The van der Waals surface area contributed by atoms with E-state index in [2.05, 4.69) is 6.07 Å². The molecule has 2 aromatic rings. The Bertz CT molecular complexity index is 496. The Labute approximate surface area is 104 Å². The summed E-state index contributed by atoms with van der Waals surface area (Å²) in [6.07, 6.45) is 0. The van der Waals surface area contributed by atoms with E-state index in [0.717, 1.165) is 11.1 Å². The third kappa shape index (κ3) is 2.07. The lowest BCUT2D eigenvalue weighted by Gasteiger charge is -2.06. The first-order valence-corrected chi connectivity index (χ1v) is 6.12. The first kappa shape index (κ1) is 11.5. The minimum Gasteiger partial charge on any atom is -0.495 e. The van der Waals surface area contributed by atoms with Gasteiger partial charge in [0.1, 0.15) is 5.75 Å². The highest BCUT2D eigenvalue weighted by atomic mass is 35.5. The molecule has 0 aliphatic heterocycles. The number of benzene rings is 1. The van der Waals surface area contributed by atoms with E-state index in [0.29, 0.717) is 17.3 Å². The van der Waals surface area contributed by atoms with Crippen LogP contribution in [-0.4, -0.2) is 7.11 Å². The van der Waals surface area contributed by atoms with Gasteiger partial charge >= 0.3 is 0 Å². The number of nitrogens with two attached hydrogens (primary N) is 1. The first-order chi connectivity index (χ1) is 7.76. The van der Waals surface area contributed by atoms with Gasteiger partial charge in [-0.05, 0) is 34.7 Å². The first-order valence-electron chi connectivity index (χ1n) is 4.86. The van der Waals surface area contributed by atoms with Crippen LogP contribution in [0.3, 0.4) is 0 Å². The van der Waals surface area contributed by atoms with Gasteiger partial charge in [-0.2, -0.15) is 0 Å². The lowest BCUT2D eigenvalue weighted by Crippen LogP contribution is -1.95. The van der Waals surface area contributed by atoms with Crippen molar-refractivity contribution in [3.05, 3.63) is 39.5 Å². The van der Waals surface area contributed by atoms with Gasteiger partial charge in [0, 0.05) is 11.4 Å². The van der Waals surface area contributed by atoms with Gasteiger partial charge in [0.25, 0.3) is 0 Å². The summed E-state index contributed by atoms with van der Waals surface area (Å²) < 4.78 is 5.20. The fraction of sp³-hybridized carbons (Fsp3) is 0.167. The molecule has 2 N–H and O–H groups in total. The number of hydrogen-bond donors (Lipinski definition) is 1. The molecule has 0 aliphatic carbocycles. The fourth-order valence-corrected chi connectivity index (χ4v) is 2.56. The van der Waals surface area contributed by atoms with Crippen molar-refractivity contribution in [2.45, 2.75) is 6.54 Å². The molecule has 0 spiro atoms. The van der Waals surface area contributed by atoms with E-state index in [1.807, 2.05) is 23.6 Å². The maximum atomic E-state index is 5.98. The van der Waals surface area contributed by atoms with E-state index >= 15 is 0 Å². The highest BCUT2D eigenvalue weighted by molar-refractivity contribution is 7.10. The summed E-state index contributed by atoms with van der Waals surface area (Å²) in [5.74, 6) is 0.688. The van der Waals surface area contributed by atoms with Gasteiger partial charge in [0.05, 0.1) is 12.1 Å². The average molecular weight is 254 g/mol. The minimum absolute atomic E-state index is 0.554. The monoisotopic (exact) mass is 253 g/mol. The molecule has 0 aliphatic rings. The molecule has 2 nitrogen and oxygen atoms in total. The second kappa shape index (κ2) is 4.87. The molecule has 0 fully saturated rings. The van der Waals surface area contributed by atoms with Gasteiger partial charge in [-0.25, -0.2) is 0 Å². The maximum Gasteiger partial charge on any atom is 0.138 e. The molecule has 1 heterocycles. The van der Waals surface area contributed by atoms with Gasteiger partial charge in [-0.1, -0.05) is 17.7 Å². The maximum absolute atomic E-state index is 5.98. The summed E-state index contributed by atoms with van der Waals surface area (Å²) in [5.41, 5.74) is 7.93. The van der Waals surface area contributed by atoms with Crippen LogP contribution in [0, 0.1) is 0 Å². The topological polar surface area (TPSA) is 35.2 Å². The Kier molecular flexibility index (Phi) is 3.49. The van der Waals surface area contributed by atoms with Crippen molar-refractivity contribution < 1.29 is 4.74 Å². The molecule has 16 heavy (non-hydrogen) atoms. The van der Waals surface area contributed by atoms with Gasteiger partial charge in [0.2, 0.25) is 0 Å². The normalized spacial score (nSPS) is 10.4. The van der Waals surface area contributed by atoms with E-state index in [1.165, 1.54) is 4.88 Å². The minimum atomic E-state index is 0.554. The molecule has 84 valence electrons. The SMILES string of the molecule is COc1cc(-c2ccsc2CN)ccc1Cl. The lowest BCUT2D eigenvalue weighted by atomic mass is 10.1. The van der Waals surface area contributed by atoms with E-state index < -0.39 is 0 Å². The van der Waals surface area contributed by atoms with Crippen molar-refractivity contribution in [1.82, 2.24) is 0 Å². The highest BCUT2D eigenvalue weighted by Crippen LogP contribution is 2.33. The summed E-state index contributed by atoms with van der Waals surface area (Å²) in [6.45, 7) is 0.554. The van der Waals surface area contributed by atoms with Crippen LogP contribution in [0.2, 0.25) is 5.02 Å². The van der Waals surface area contributed by atoms with Gasteiger partial charge < -0.3 is 10.5 Å². The van der Waals surface area contributed by atoms with Crippen LogP contribution in [0.15, 0.2) is 29.6 Å². The number of thiophene rings is 1. The zero-order valence-electron chi connectivity index (χ0n) is 8.87. The van der Waals surface area contributed by atoms with Gasteiger partial charge in [-0.15, -0.1) is 11.3 Å². The van der Waals surface area contributed by atoms with Crippen LogP contribution < -0.4 is 10.5 Å². The van der Waals surface area contributed by atoms with Gasteiger partial charge in [0.15, 0.2) is 0 Å². The zero-order valence-corrected chi connectivity index (χ0v) is 10.4. The molecule has 1 aromatic heterocycles. The number of ether oxygens (including phenoxy) is 1. The van der Waals surface area contributed by atoms with Crippen LogP contribution in [-0.2, 0) is 6.54 Å². The largest absolute Gasteiger partial charge is 0.495 e. The molecule has 0 bridgehead atoms. The van der Waals surface area contributed by atoms with Crippen LogP contribution in [0.25, 0.3) is 11.1 Å². The molecule has 0 amide bonds. The molecular formula is C12H12ClNOS. The Morgan fingerprint density at radius 3 is 2.88 bits per heavy atom. The highest BCUT2D eigenvalue weighted by Gasteiger charge is 2.08. The van der Waals surface area contributed by atoms with Gasteiger partial charge in [-0.3, -0.25) is 0 Å². The average Bonchev–Trinajstić information content (AvgIpc) is 2.78. The van der Waals surface area contributed by atoms with Crippen molar-refractivity contribution in [1.29, 1.82) is 0 Å². The third-order valence-corrected chi connectivity index (χ3v) is 3.65. The van der Waals surface area contributed by atoms with E-state index in [1.54, 1.807) is 18.4 Å². The smallest absolute Gasteiger partial charge is 0.138 e. The molecule has 4 heteroatoms. The predicted octanol–water partition coefficient (Wildman–Crippen LogP) is 3.54. The number of halogens is 1. The summed E-state index contributed by atoms with van der Waals surface area (Å²) >= 11 is 7.65. The predicted molar refractivity (Wildman–Crippen MR) is 69.2 cm³/mol. The zero-order chi connectivity index (χ0) is 11.5. The Hall–Kier alpha value is -1.03. The van der Waals surface area contributed by atoms with Crippen molar-refractivity contribution in [3.63, 3.8) is 0 Å². The van der Waals surface area contributed by atoms with Crippen LogP contribution >= 0.6 is 22.9 Å².